The number of rotatable bonds is 7. The zero-order chi connectivity index (χ0) is 31.3. The predicted molar refractivity (Wildman–Crippen MR) is 137 cm³/mol. The third kappa shape index (κ3) is 6.73. The summed E-state index contributed by atoms with van der Waals surface area (Å²) in [7, 11) is -12.7. The van der Waals surface area contributed by atoms with Crippen molar-refractivity contribution >= 4 is 72.1 Å². The molecule has 0 unspecified atom stereocenters. The van der Waals surface area contributed by atoms with Crippen LogP contribution in [0.3, 0.4) is 0 Å². The van der Waals surface area contributed by atoms with E-state index < -0.39 is 73.3 Å². The number of thioether (sulfide) groups is 1. The Balaban J connectivity index is 1.75. The van der Waals surface area contributed by atoms with Crippen molar-refractivity contribution in [3.05, 3.63) is 52.4 Å². The van der Waals surface area contributed by atoms with Gasteiger partial charge in [-0.1, -0.05) is 30.0 Å². The molecule has 2 aliphatic heterocycles. The molecule has 0 saturated carbocycles. The van der Waals surface area contributed by atoms with Crippen molar-refractivity contribution < 1.29 is 65.9 Å². The van der Waals surface area contributed by atoms with Gasteiger partial charge in [-0.15, -0.1) is 0 Å². The van der Waals surface area contributed by atoms with E-state index in [1.807, 2.05) is 0 Å². The van der Waals surface area contributed by atoms with Crippen LogP contribution in [0.5, 0.6) is 17.2 Å². The van der Waals surface area contributed by atoms with Crippen LogP contribution in [0.2, 0.25) is 0 Å². The number of hydrogen-bond donors (Lipinski definition) is 1. The number of benzene rings is 2. The van der Waals surface area contributed by atoms with Gasteiger partial charge in [-0.2, -0.15) is 43.2 Å². The highest BCUT2D eigenvalue weighted by Gasteiger charge is 2.50. The summed E-state index contributed by atoms with van der Waals surface area (Å²) in [6.07, 6.45) is 1.42. The van der Waals surface area contributed by atoms with Gasteiger partial charge in [-0.25, -0.2) is 0 Å². The summed E-state index contributed by atoms with van der Waals surface area (Å²) in [4.78, 5) is 25.9. The second-order valence-corrected chi connectivity index (χ2v) is 12.9. The first-order valence-corrected chi connectivity index (χ1v) is 14.8. The van der Waals surface area contributed by atoms with E-state index in [1.165, 1.54) is 24.3 Å². The lowest BCUT2D eigenvalue weighted by Gasteiger charge is -2.30. The number of thiocarbonyl (C=S) groups is 1. The molecule has 21 heteroatoms. The molecular weight excluding hydrogens is 666 g/mol. The van der Waals surface area contributed by atoms with Crippen LogP contribution in [-0.4, -0.2) is 50.6 Å². The highest BCUT2D eigenvalue weighted by molar-refractivity contribution is 8.26. The minimum absolute atomic E-state index is 0.0335. The van der Waals surface area contributed by atoms with E-state index in [2.05, 4.69) is 13.7 Å². The lowest BCUT2D eigenvalue weighted by Crippen LogP contribution is -2.38. The van der Waals surface area contributed by atoms with Crippen LogP contribution in [0, 0.1) is 0 Å². The summed E-state index contributed by atoms with van der Waals surface area (Å²) in [6.45, 7) is -1.22. The van der Waals surface area contributed by atoms with Crippen LogP contribution in [-0.2, 0) is 36.4 Å². The van der Waals surface area contributed by atoms with E-state index in [9.17, 15) is 52.8 Å². The topological polar surface area (TPSA) is 145 Å². The predicted octanol–water partition coefficient (Wildman–Crippen LogP) is 3.56. The number of halogens is 6. The van der Waals surface area contributed by atoms with Crippen molar-refractivity contribution in [2.24, 2.45) is 0 Å². The maximum atomic E-state index is 12.9. The fraction of sp³-hybridized carbons (Fsp3) is 0.190. The zero-order valence-electron chi connectivity index (χ0n) is 20.0. The van der Waals surface area contributed by atoms with Gasteiger partial charge in [0.05, 0.1) is 17.1 Å². The summed E-state index contributed by atoms with van der Waals surface area (Å²) in [5, 5.41) is 2.41. The number of anilines is 1. The van der Waals surface area contributed by atoms with Crippen LogP contribution in [0.1, 0.15) is 11.1 Å². The van der Waals surface area contributed by atoms with E-state index in [4.69, 9.17) is 17.0 Å². The average Bonchev–Trinajstić information content (AvgIpc) is 3.15. The minimum atomic E-state index is -6.35. The van der Waals surface area contributed by atoms with Gasteiger partial charge >= 0.3 is 31.3 Å². The molecule has 2 aromatic carbocycles. The molecular formula is C21H12F6N2O9S4. The van der Waals surface area contributed by atoms with Crippen molar-refractivity contribution in [2.75, 3.05) is 11.5 Å². The molecule has 1 fully saturated rings. The van der Waals surface area contributed by atoms with E-state index in [1.54, 1.807) is 0 Å². The SMILES string of the molecule is O=C1NC(=S)S/C1=C/c1ccc2c(c1)N(Cc1cc(OS(=O)(=O)C(F)(F)F)cc(OS(=O)(=O)C(F)(F)F)c1)C(=O)CO2. The van der Waals surface area contributed by atoms with E-state index in [0.29, 0.717) is 17.7 Å². The molecule has 42 heavy (non-hydrogen) atoms. The monoisotopic (exact) mass is 678 g/mol. The summed E-state index contributed by atoms with van der Waals surface area (Å²) in [5.41, 5.74) is -11.9. The molecule has 2 aromatic rings. The van der Waals surface area contributed by atoms with Gasteiger partial charge in [-0.05, 0) is 41.5 Å². The second-order valence-electron chi connectivity index (χ2n) is 8.13. The molecule has 0 aliphatic carbocycles. The van der Waals surface area contributed by atoms with Gasteiger partial charge in [0.2, 0.25) is 0 Å². The van der Waals surface area contributed by atoms with Crippen molar-refractivity contribution in [3.8, 4) is 17.2 Å². The maximum Gasteiger partial charge on any atom is 0.534 e. The molecule has 0 aromatic heterocycles. The molecule has 1 N–H and O–H groups in total. The van der Waals surface area contributed by atoms with Gasteiger partial charge < -0.3 is 23.3 Å². The number of amides is 2. The van der Waals surface area contributed by atoms with Gasteiger partial charge in [-0.3, -0.25) is 9.59 Å². The molecule has 0 atom stereocenters. The van der Waals surface area contributed by atoms with Crippen LogP contribution >= 0.6 is 24.0 Å². The van der Waals surface area contributed by atoms with Crippen LogP contribution in [0.15, 0.2) is 41.3 Å². The van der Waals surface area contributed by atoms with Crippen molar-refractivity contribution in [3.63, 3.8) is 0 Å². The Morgan fingerprint density at radius 3 is 2.02 bits per heavy atom. The molecule has 0 radical (unpaired) electrons. The zero-order valence-corrected chi connectivity index (χ0v) is 23.2. The second kappa shape index (κ2) is 10.9. The lowest BCUT2D eigenvalue weighted by molar-refractivity contribution is -0.121. The first-order chi connectivity index (χ1) is 19.3. The first kappa shape index (κ1) is 31.4. The third-order valence-electron chi connectivity index (χ3n) is 5.13. The molecule has 2 heterocycles. The molecule has 0 bridgehead atoms. The molecule has 4 rings (SSSR count). The lowest BCUT2D eigenvalue weighted by atomic mass is 10.1. The third-order valence-corrected chi connectivity index (χ3v) is 8.25. The number of alkyl halides is 6. The Bertz CT molecular complexity index is 1670. The Morgan fingerprint density at radius 1 is 0.952 bits per heavy atom. The molecule has 1 saturated heterocycles. The number of ether oxygens (including phenoxy) is 1. The van der Waals surface area contributed by atoms with E-state index in [-0.39, 0.29) is 26.7 Å². The standard InChI is InChI=1S/C21H12F6N2O9S4/c22-20(23,24)41(32,33)37-12-3-11(4-13(7-12)38-42(34,35)21(25,26)27)8-29-14-5-10(1-2-15(14)36-9-17(29)30)6-16-18(31)28-19(39)40-16/h1-7H,8-9H2,(H,28,31,39)/b16-6+. The van der Waals surface area contributed by atoms with Crippen LogP contribution in [0.4, 0.5) is 32.0 Å². The Kier molecular flexibility index (Phi) is 8.17. The highest BCUT2D eigenvalue weighted by Crippen LogP contribution is 2.38. The number of carbonyl (C=O) groups is 2. The van der Waals surface area contributed by atoms with Gasteiger partial charge in [0.25, 0.3) is 11.8 Å². The molecule has 2 amide bonds. The number of hydrogen-bond acceptors (Lipinski definition) is 11. The fourth-order valence-corrected chi connectivity index (χ4v) is 5.34. The average molecular weight is 679 g/mol. The summed E-state index contributed by atoms with van der Waals surface area (Å²) >= 11 is 5.88. The van der Waals surface area contributed by atoms with Crippen LogP contribution < -0.4 is 23.3 Å². The van der Waals surface area contributed by atoms with Crippen molar-refractivity contribution in [1.82, 2.24) is 5.32 Å². The Labute approximate surface area is 241 Å². The van der Waals surface area contributed by atoms with Gasteiger partial charge in [0.1, 0.15) is 21.6 Å². The number of carbonyl (C=O) groups excluding carboxylic acids is 2. The van der Waals surface area contributed by atoms with Gasteiger partial charge in [0.15, 0.2) is 6.61 Å². The van der Waals surface area contributed by atoms with E-state index in [0.717, 1.165) is 16.7 Å². The first-order valence-electron chi connectivity index (χ1n) is 10.7. The molecule has 2 aliphatic rings. The van der Waals surface area contributed by atoms with Crippen LogP contribution in [0.25, 0.3) is 6.08 Å². The minimum Gasteiger partial charge on any atom is -0.482 e. The highest BCUT2D eigenvalue weighted by atomic mass is 32.2. The normalized spacial score (nSPS) is 17.1. The number of nitrogens with one attached hydrogen (secondary N) is 1. The summed E-state index contributed by atoms with van der Waals surface area (Å²) < 4.78 is 137. The van der Waals surface area contributed by atoms with Gasteiger partial charge in [0, 0.05) is 6.07 Å². The van der Waals surface area contributed by atoms with Crippen molar-refractivity contribution in [2.45, 2.75) is 17.6 Å². The molecule has 11 nitrogen and oxygen atoms in total. The fourth-order valence-electron chi connectivity index (χ4n) is 3.40. The smallest absolute Gasteiger partial charge is 0.482 e. The maximum absolute atomic E-state index is 12.9. The number of fused-ring (bicyclic) bond motifs is 1. The molecule has 0 spiro atoms. The molecule has 226 valence electrons. The largest absolute Gasteiger partial charge is 0.534 e. The Hall–Kier alpha value is -3.56. The summed E-state index contributed by atoms with van der Waals surface area (Å²) in [6, 6.07) is 5.70. The summed E-state index contributed by atoms with van der Waals surface area (Å²) in [5.74, 6) is -3.67. The Morgan fingerprint density at radius 2 is 1.52 bits per heavy atom. The quantitative estimate of drug-likeness (QED) is 0.151. The van der Waals surface area contributed by atoms with Crippen molar-refractivity contribution in [1.29, 1.82) is 0 Å². The van der Waals surface area contributed by atoms with E-state index >= 15 is 0 Å². The number of nitrogens with zero attached hydrogens (tertiary/aromatic N) is 1.